The minimum Gasteiger partial charge on any atom is -0.354 e. The summed E-state index contributed by atoms with van der Waals surface area (Å²) in [6, 6.07) is 0.975. The molecule has 0 saturated carbocycles. The normalized spacial score (nSPS) is 26.4. The molecule has 0 spiro atoms. The maximum absolute atomic E-state index is 11.9. The molecular weight excluding hydrogens is 297 g/mol. The van der Waals surface area contributed by atoms with E-state index in [0.29, 0.717) is 18.5 Å². The van der Waals surface area contributed by atoms with Gasteiger partial charge in [0.05, 0.1) is 0 Å². The first-order valence-corrected chi connectivity index (χ1v) is 7.53. The van der Waals surface area contributed by atoms with E-state index in [1.165, 1.54) is 32.2 Å². The lowest BCUT2D eigenvalue weighted by Gasteiger charge is -2.35. The van der Waals surface area contributed by atoms with Gasteiger partial charge in [0.25, 0.3) is 0 Å². The molecule has 4 nitrogen and oxygen atoms in total. The molecule has 0 radical (unpaired) electrons. The molecule has 20 heavy (non-hydrogen) atoms. The van der Waals surface area contributed by atoms with Crippen LogP contribution in [0.5, 0.6) is 0 Å². The molecule has 2 N–H and O–H groups in total. The highest BCUT2D eigenvalue weighted by molar-refractivity contribution is 5.85. The van der Waals surface area contributed by atoms with Crippen LogP contribution < -0.4 is 10.6 Å². The Morgan fingerprint density at radius 3 is 2.70 bits per heavy atom. The Hall–Kier alpha value is -0.0300. The van der Waals surface area contributed by atoms with Gasteiger partial charge >= 0.3 is 0 Å². The lowest BCUT2D eigenvalue weighted by atomic mass is 10.0. The highest BCUT2D eigenvalue weighted by Gasteiger charge is 2.22. The summed E-state index contributed by atoms with van der Waals surface area (Å²) in [6.07, 6.45) is 6.86. The van der Waals surface area contributed by atoms with Crippen molar-refractivity contribution in [2.45, 2.75) is 57.5 Å². The molecule has 2 rings (SSSR count). The number of rotatable bonds is 5. The van der Waals surface area contributed by atoms with E-state index < -0.39 is 0 Å². The van der Waals surface area contributed by atoms with Crippen molar-refractivity contribution in [3.63, 3.8) is 0 Å². The summed E-state index contributed by atoms with van der Waals surface area (Å²) in [7, 11) is 0. The topological polar surface area (TPSA) is 44.4 Å². The number of likely N-dealkylation sites (N-methyl/N-ethyl adjacent to an activating group) is 1. The number of hydrogen-bond donors (Lipinski definition) is 2. The van der Waals surface area contributed by atoms with Crippen LogP contribution in [0.3, 0.4) is 0 Å². The minimum atomic E-state index is 0. The molecule has 0 aromatic carbocycles. The zero-order chi connectivity index (χ0) is 12.8. The van der Waals surface area contributed by atoms with Gasteiger partial charge in [-0.25, -0.2) is 0 Å². The second kappa shape index (κ2) is 10.7. The largest absolute Gasteiger partial charge is 0.354 e. The Bertz CT molecular complexity index is 273. The molecule has 6 heteroatoms. The third kappa shape index (κ3) is 6.17. The van der Waals surface area contributed by atoms with Gasteiger partial charge in [-0.2, -0.15) is 0 Å². The molecular formula is C14H29Cl2N3O. The monoisotopic (exact) mass is 325 g/mol. The van der Waals surface area contributed by atoms with E-state index in [9.17, 15) is 4.79 Å². The molecule has 2 atom stereocenters. The van der Waals surface area contributed by atoms with Crippen molar-refractivity contribution in [1.29, 1.82) is 0 Å². The summed E-state index contributed by atoms with van der Waals surface area (Å²) in [5.41, 5.74) is 0. The van der Waals surface area contributed by atoms with Gasteiger partial charge in [0, 0.05) is 25.0 Å². The molecule has 0 aliphatic carbocycles. The number of carbonyl (C=O) groups excluding carboxylic acids is 1. The Labute approximate surface area is 135 Å². The van der Waals surface area contributed by atoms with Crippen LogP contribution in [0.4, 0.5) is 0 Å². The van der Waals surface area contributed by atoms with Gasteiger partial charge in [0.1, 0.15) is 0 Å². The number of piperidine rings is 1. The lowest BCUT2D eigenvalue weighted by Crippen LogP contribution is -2.47. The average molecular weight is 326 g/mol. The first-order chi connectivity index (χ1) is 8.79. The van der Waals surface area contributed by atoms with Crippen molar-refractivity contribution in [2.24, 2.45) is 0 Å². The fourth-order valence-electron chi connectivity index (χ4n) is 3.17. The first kappa shape index (κ1) is 20.0. The van der Waals surface area contributed by atoms with Crippen molar-refractivity contribution >= 4 is 30.7 Å². The number of hydrogen-bond acceptors (Lipinski definition) is 3. The maximum atomic E-state index is 11.9. The predicted octanol–water partition coefficient (Wildman–Crippen LogP) is 1.96. The van der Waals surface area contributed by atoms with Crippen molar-refractivity contribution in [2.75, 3.05) is 26.2 Å². The highest BCUT2D eigenvalue weighted by atomic mass is 35.5. The Morgan fingerprint density at radius 2 is 2.05 bits per heavy atom. The summed E-state index contributed by atoms with van der Waals surface area (Å²) in [6.45, 7) is 6.41. The molecule has 2 aliphatic rings. The number of carbonyl (C=O) groups is 1. The van der Waals surface area contributed by atoms with Crippen LogP contribution in [0.15, 0.2) is 0 Å². The van der Waals surface area contributed by atoms with Crippen LogP contribution in [-0.4, -0.2) is 49.1 Å². The molecule has 2 fully saturated rings. The van der Waals surface area contributed by atoms with Gasteiger partial charge in [0.15, 0.2) is 0 Å². The Morgan fingerprint density at radius 1 is 1.25 bits per heavy atom. The number of nitrogens with zero attached hydrogens (tertiary/aromatic N) is 1. The van der Waals surface area contributed by atoms with Crippen LogP contribution >= 0.6 is 24.8 Å². The number of halogens is 2. The van der Waals surface area contributed by atoms with E-state index in [-0.39, 0.29) is 30.7 Å². The fraction of sp³-hybridized carbons (Fsp3) is 0.929. The Balaban J connectivity index is 0.00000180. The SMILES string of the molecule is CCN1CCCCC1CNC(=O)CC1CCCN1.Cl.Cl. The molecule has 0 bridgehead atoms. The van der Waals surface area contributed by atoms with Gasteiger partial charge in [-0.1, -0.05) is 13.3 Å². The number of likely N-dealkylation sites (tertiary alicyclic amines) is 1. The van der Waals surface area contributed by atoms with E-state index in [2.05, 4.69) is 22.5 Å². The van der Waals surface area contributed by atoms with Crippen molar-refractivity contribution in [1.82, 2.24) is 15.5 Å². The molecule has 0 aromatic heterocycles. The van der Waals surface area contributed by atoms with Crippen molar-refractivity contribution in [3.8, 4) is 0 Å². The third-order valence-corrected chi connectivity index (χ3v) is 4.28. The van der Waals surface area contributed by atoms with E-state index >= 15 is 0 Å². The summed E-state index contributed by atoms with van der Waals surface area (Å²) >= 11 is 0. The van der Waals surface area contributed by atoms with Crippen LogP contribution in [0, 0.1) is 0 Å². The van der Waals surface area contributed by atoms with Gasteiger partial charge in [-0.3, -0.25) is 9.69 Å². The quantitative estimate of drug-likeness (QED) is 0.812. The van der Waals surface area contributed by atoms with Gasteiger partial charge in [-0.05, 0) is 45.3 Å². The van der Waals surface area contributed by atoms with Crippen LogP contribution in [0.1, 0.15) is 45.4 Å². The second-order valence-corrected chi connectivity index (χ2v) is 5.58. The smallest absolute Gasteiger partial charge is 0.221 e. The minimum absolute atomic E-state index is 0. The summed E-state index contributed by atoms with van der Waals surface area (Å²) in [4.78, 5) is 14.4. The molecule has 2 unspecified atom stereocenters. The van der Waals surface area contributed by atoms with Crippen LogP contribution in [0.2, 0.25) is 0 Å². The van der Waals surface area contributed by atoms with Gasteiger partial charge < -0.3 is 10.6 Å². The standard InChI is InChI=1S/C14H27N3O.2ClH/c1-2-17-9-4-3-7-13(17)11-16-14(18)10-12-6-5-8-15-12;;/h12-13,15H,2-11H2,1H3,(H,16,18);2*1H. The second-order valence-electron chi connectivity index (χ2n) is 5.58. The van der Waals surface area contributed by atoms with Crippen LogP contribution in [0.25, 0.3) is 0 Å². The van der Waals surface area contributed by atoms with Crippen molar-refractivity contribution < 1.29 is 4.79 Å². The van der Waals surface area contributed by atoms with E-state index in [1.807, 2.05) is 0 Å². The molecule has 2 aliphatic heterocycles. The van der Waals surface area contributed by atoms with Gasteiger partial charge in [0.2, 0.25) is 5.91 Å². The zero-order valence-corrected chi connectivity index (χ0v) is 14.0. The maximum Gasteiger partial charge on any atom is 0.221 e. The van der Waals surface area contributed by atoms with E-state index in [1.54, 1.807) is 0 Å². The summed E-state index contributed by atoms with van der Waals surface area (Å²) in [5.74, 6) is 0.219. The average Bonchev–Trinajstić information content (AvgIpc) is 2.89. The predicted molar refractivity (Wildman–Crippen MR) is 88.0 cm³/mol. The molecule has 0 aromatic rings. The Kier molecular flexibility index (Phi) is 10.6. The highest BCUT2D eigenvalue weighted by Crippen LogP contribution is 2.16. The fourth-order valence-corrected chi connectivity index (χ4v) is 3.17. The third-order valence-electron chi connectivity index (χ3n) is 4.28. The first-order valence-electron chi connectivity index (χ1n) is 7.53. The number of nitrogens with one attached hydrogen (secondary N) is 2. The van der Waals surface area contributed by atoms with E-state index in [0.717, 1.165) is 26.1 Å². The summed E-state index contributed by atoms with van der Waals surface area (Å²) < 4.78 is 0. The van der Waals surface area contributed by atoms with Gasteiger partial charge in [-0.15, -0.1) is 24.8 Å². The van der Waals surface area contributed by atoms with Crippen LogP contribution in [-0.2, 0) is 4.79 Å². The summed E-state index contributed by atoms with van der Waals surface area (Å²) in [5, 5.41) is 6.50. The number of amides is 1. The molecule has 2 heterocycles. The molecule has 120 valence electrons. The molecule has 2 saturated heterocycles. The zero-order valence-electron chi connectivity index (χ0n) is 12.4. The molecule has 1 amide bonds. The van der Waals surface area contributed by atoms with Crippen molar-refractivity contribution in [3.05, 3.63) is 0 Å². The van der Waals surface area contributed by atoms with E-state index in [4.69, 9.17) is 0 Å². The lowest BCUT2D eigenvalue weighted by molar-refractivity contribution is -0.121.